The molecular weight excluding hydrogens is 1040 g/mol. The summed E-state index contributed by atoms with van der Waals surface area (Å²) in [6.07, 6.45) is 8.49. The first kappa shape index (κ1) is 56.4. The summed E-state index contributed by atoms with van der Waals surface area (Å²) < 4.78 is 20.0. The van der Waals surface area contributed by atoms with E-state index in [1.165, 1.54) is 0 Å². The van der Waals surface area contributed by atoms with Crippen molar-refractivity contribution in [2.45, 2.75) is 110 Å². The van der Waals surface area contributed by atoms with Gasteiger partial charge in [-0.05, 0) is 107 Å². The molecule has 79 heavy (non-hydrogen) atoms. The molecule has 1 saturated heterocycles. The van der Waals surface area contributed by atoms with Gasteiger partial charge in [0, 0.05) is 67.0 Å². The molecule has 9 rings (SSSR count). The van der Waals surface area contributed by atoms with Gasteiger partial charge in [-0.2, -0.15) is 5.10 Å². The maximum atomic E-state index is 15.1. The summed E-state index contributed by atoms with van der Waals surface area (Å²) in [5.74, 6) is 2.46. The number of carbonyl (C=O) groups excluding carboxylic acids is 4. The van der Waals surface area contributed by atoms with Crippen LogP contribution >= 0.6 is 23.2 Å². The Kier molecular flexibility index (Phi) is 18.3. The lowest BCUT2D eigenvalue weighted by Crippen LogP contribution is -2.56. The lowest BCUT2D eigenvalue weighted by molar-refractivity contribution is -0.135. The van der Waals surface area contributed by atoms with Gasteiger partial charge in [0.25, 0.3) is 5.91 Å². The van der Waals surface area contributed by atoms with Crippen molar-refractivity contribution in [3.63, 3.8) is 0 Å². The molecule has 0 saturated carbocycles. The highest BCUT2D eigenvalue weighted by molar-refractivity contribution is 6.30. The average Bonchev–Trinajstić information content (AvgIpc) is 4.29. The largest absolute Gasteiger partial charge is 0.497 e. The third-order valence-corrected chi connectivity index (χ3v) is 15.1. The number of hydrogen-bond donors (Lipinski definition) is 2. The normalized spacial score (nSPS) is 18.6. The highest BCUT2D eigenvalue weighted by Crippen LogP contribution is 2.46. The summed E-state index contributed by atoms with van der Waals surface area (Å²) in [7, 11) is 1.59. The van der Waals surface area contributed by atoms with E-state index in [4.69, 9.17) is 47.4 Å². The van der Waals surface area contributed by atoms with Crippen LogP contribution < -0.4 is 24.8 Å². The Morgan fingerprint density at radius 3 is 2.28 bits per heavy atom. The van der Waals surface area contributed by atoms with Crippen molar-refractivity contribution in [1.82, 2.24) is 39.5 Å². The van der Waals surface area contributed by atoms with E-state index >= 15 is 4.79 Å². The lowest BCUT2D eigenvalue weighted by atomic mass is 9.93. The van der Waals surface area contributed by atoms with Crippen LogP contribution in [0.3, 0.4) is 0 Å². The minimum atomic E-state index is -0.595. The number of benzene rings is 4. The molecule has 2 N–H and O–H groups in total. The summed E-state index contributed by atoms with van der Waals surface area (Å²) >= 11 is 12.8. The van der Waals surface area contributed by atoms with Crippen molar-refractivity contribution in [1.29, 1.82) is 0 Å². The number of aryl methyl sites for hydroxylation is 1. The second kappa shape index (κ2) is 25.6. The molecule has 4 aromatic carbocycles. The first-order valence-corrected chi connectivity index (χ1v) is 28.1. The summed E-state index contributed by atoms with van der Waals surface area (Å²) in [6.45, 7) is 12.0. The van der Waals surface area contributed by atoms with E-state index in [-0.39, 0.29) is 61.6 Å². The standard InChI is InChI=1S/C60H70Cl2N10O7/c1-38(2)78-51-34-46(77-6)23-24-47(51)58-67-55(42-15-19-44(61)20-16-42)56(43-17-21-45(62)22-18-43)72(58)60(76)70-32-31-68(54(74)37-70)28-12-10-8-7-9-11-13-53(73)63-27-30-69-36-40(4)79-50-25-14-39(3)33-48(50)41(5)65-52-26-29-71-57(66-52)49(35-64-71)59(69)75/h14-26,29,33-35,38,40-41,55-56H,7-13,27-28,30-32,36-37H2,1-6H3,(H,63,73)(H,65,66)/t40-,41+,55+,56-/m0/s1. The molecule has 2 aromatic heterocycles. The highest BCUT2D eigenvalue weighted by atomic mass is 35.5. The topological polar surface area (TPSA) is 176 Å². The number of carbonyl (C=O) groups is 4. The average molecular weight is 1110 g/mol. The number of fused-ring (bicyclic) bond motifs is 2. The number of aliphatic imine (C=N–C) groups is 1. The molecule has 0 spiro atoms. The number of amidine groups is 1. The van der Waals surface area contributed by atoms with Crippen LogP contribution in [-0.4, -0.2) is 129 Å². The lowest BCUT2D eigenvalue weighted by Gasteiger charge is -2.38. The Hall–Kier alpha value is -7.37. The van der Waals surface area contributed by atoms with Crippen LogP contribution in [0.25, 0.3) is 5.65 Å². The van der Waals surface area contributed by atoms with E-state index in [0.29, 0.717) is 82.6 Å². The van der Waals surface area contributed by atoms with Crippen LogP contribution in [-0.2, 0) is 9.59 Å². The minimum absolute atomic E-state index is 0.0638. The summed E-state index contributed by atoms with van der Waals surface area (Å²) in [6, 6.07) is 26.7. The molecule has 4 atom stereocenters. The SMILES string of the molecule is COc1ccc(C2=N[C@H](c3ccc(Cl)cc3)[C@H](c3ccc(Cl)cc3)N2C(=O)N2CCN(CCCCCCCCC(=O)NCCN3C[C@H](C)Oc4ccc(C)cc4[C@@H](C)Nc4ccn5ncc(c5n4)C3=O)C(=O)C2)c(OC(C)C)c1. The monoisotopic (exact) mass is 1110 g/mol. The number of unbranched alkanes of at least 4 members (excludes halogenated alkanes) is 5. The number of anilines is 1. The number of piperazine rings is 1. The fourth-order valence-corrected chi connectivity index (χ4v) is 10.8. The van der Waals surface area contributed by atoms with Gasteiger partial charge in [0.1, 0.15) is 53.2 Å². The predicted molar refractivity (Wildman–Crippen MR) is 307 cm³/mol. The number of aromatic nitrogens is 3. The van der Waals surface area contributed by atoms with Crippen LogP contribution in [0.5, 0.6) is 17.2 Å². The van der Waals surface area contributed by atoms with E-state index in [2.05, 4.69) is 28.7 Å². The molecule has 1 fully saturated rings. The molecule has 19 heteroatoms. The Balaban J connectivity index is 0.753. The van der Waals surface area contributed by atoms with E-state index in [1.54, 1.807) is 56.9 Å². The van der Waals surface area contributed by atoms with E-state index in [1.807, 2.05) is 99.3 Å². The number of methoxy groups -OCH3 is 1. The molecule has 3 aliphatic rings. The molecule has 6 aromatic rings. The van der Waals surface area contributed by atoms with E-state index in [9.17, 15) is 14.4 Å². The van der Waals surface area contributed by atoms with Gasteiger partial charge >= 0.3 is 6.03 Å². The first-order valence-electron chi connectivity index (χ1n) is 27.4. The van der Waals surface area contributed by atoms with Crippen molar-refractivity contribution in [2.24, 2.45) is 4.99 Å². The number of amides is 5. The number of nitrogens with one attached hydrogen (secondary N) is 2. The van der Waals surface area contributed by atoms with E-state index in [0.717, 1.165) is 66.5 Å². The Bertz CT molecular complexity index is 3170. The first-order chi connectivity index (χ1) is 38.1. The number of halogens is 2. The van der Waals surface area contributed by atoms with Gasteiger partial charge in [-0.25, -0.2) is 14.3 Å². The number of urea groups is 1. The molecule has 0 unspecified atom stereocenters. The molecular formula is C60H70Cl2N10O7. The van der Waals surface area contributed by atoms with Gasteiger partial charge in [-0.15, -0.1) is 0 Å². The number of nitrogens with zero attached hydrogens (tertiary/aromatic N) is 8. The Morgan fingerprint density at radius 2 is 1.56 bits per heavy atom. The number of hydrogen-bond acceptors (Lipinski definition) is 11. The second-order valence-corrected chi connectivity index (χ2v) is 21.7. The van der Waals surface area contributed by atoms with Crippen LogP contribution in [0, 0.1) is 6.92 Å². The molecule has 3 aliphatic heterocycles. The molecule has 0 radical (unpaired) electrons. The second-order valence-electron chi connectivity index (χ2n) is 20.9. The quantitative estimate of drug-likeness (QED) is 0.0788. The minimum Gasteiger partial charge on any atom is -0.497 e. The van der Waals surface area contributed by atoms with Crippen LogP contribution in [0.1, 0.15) is 129 Å². The van der Waals surface area contributed by atoms with Crippen molar-refractivity contribution in [2.75, 3.05) is 58.2 Å². The maximum Gasteiger partial charge on any atom is 0.326 e. The van der Waals surface area contributed by atoms with Gasteiger partial charge < -0.3 is 39.5 Å². The van der Waals surface area contributed by atoms with Crippen molar-refractivity contribution < 1.29 is 33.4 Å². The van der Waals surface area contributed by atoms with Gasteiger partial charge in [-0.1, -0.05) is 90.8 Å². The third kappa shape index (κ3) is 13.6. The van der Waals surface area contributed by atoms with Gasteiger partial charge in [0.15, 0.2) is 5.65 Å². The zero-order valence-electron chi connectivity index (χ0n) is 45.8. The smallest absolute Gasteiger partial charge is 0.326 e. The molecule has 416 valence electrons. The van der Waals surface area contributed by atoms with Crippen molar-refractivity contribution in [3.05, 3.63) is 147 Å². The highest BCUT2D eigenvalue weighted by Gasteiger charge is 2.46. The maximum absolute atomic E-state index is 15.1. The van der Waals surface area contributed by atoms with Gasteiger partial charge in [-0.3, -0.25) is 24.3 Å². The summed E-state index contributed by atoms with van der Waals surface area (Å²) in [5.41, 5.74) is 5.21. The Morgan fingerprint density at radius 1 is 0.835 bits per heavy atom. The van der Waals surface area contributed by atoms with Gasteiger partial charge in [0.2, 0.25) is 11.8 Å². The Labute approximate surface area is 472 Å². The van der Waals surface area contributed by atoms with E-state index < -0.39 is 12.1 Å². The van der Waals surface area contributed by atoms with Crippen LogP contribution in [0.4, 0.5) is 10.6 Å². The zero-order valence-corrected chi connectivity index (χ0v) is 47.3. The third-order valence-electron chi connectivity index (χ3n) is 14.6. The fourth-order valence-electron chi connectivity index (χ4n) is 10.5. The van der Waals surface area contributed by atoms with Crippen molar-refractivity contribution in [3.8, 4) is 17.2 Å². The van der Waals surface area contributed by atoms with Crippen LogP contribution in [0.2, 0.25) is 10.0 Å². The summed E-state index contributed by atoms with van der Waals surface area (Å²) in [5, 5.41) is 12.0. The van der Waals surface area contributed by atoms with Crippen LogP contribution in [0.15, 0.2) is 108 Å². The van der Waals surface area contributed by atoms with Gasteiger partial charge in [0.05, 0.1) is 43.6 Å². The number of ether oxygens (including phenoxy) is 3. The number of rotatable bonds is 18. The molecule has 5 heterocycles. The molecule has 0 aliphatic carbocycles. The predicted octanol–water partition coefficient (Wildman–Crippen LogP) is 10.9. The molecule has 17 nitrogen and oxygen atoms in total. The zero-order chi connectivity index (χ0) is 55.7. The van der Waals surface area contributed by atoms with Crippen molar-refractivity contribution >= 4 is 64.3 Å². The fraction of sp³-hybridized carbons (Fsp3) is 0.417. The molecule has 5 amide bonds. The molecule has 2 bridgehead atoms. The summed E-state index contributed by atoms with van der Waals surface area (Å²) in [4.78, 5) is 73.1.